The van der Waals surface area contributed by atoms with E-state index >= 15 is 0 Å². The number of benzene rings is 2. The molecule has 0 atom stereocenters. The molecular weight excluding hydrogens is 520 g/mol. The number of hydrogen-bond donors (Lipinski definition) is 1. The lowest BCUT2D eigenvalue weighted by molar-refractivity contribution is 0.297. The number of thiazole rings is 1. The first-order valence-electron chi connectivity index (χ1n) is 8.58. The molecule has 0 aliphatic carbocycles. The topological polar surface area (TPSA) is 79.5 Å². The first-order valence-corrected chi connectivity index (χ1v) is 11.0. The fourth-order valence-electron chi connectivity index (χ4n) is 2.42. The number of hydrazone groups is 1. The van der Waals surface area contributed by atoms with Crippen LogP contribution in [-0.2, 0) is 0 Å². The number of rotatable bonds is 8. The van der Waals surface area contributed by atoms with Gasteiger partial charge in [-0.25, -0.2) is 4.98 Å². The summed E-state index contributed by atoms with van der Waals surface area (Å²) in [4.78, 5) is 4.54. The molecule has 0 saturated carbocycles. The summed E-state index contributed by atoms with van der Waals surface area (Å²) in [6.45, 7) is 2.27. The molecule has 29 heavy (non-hydrogen) atoms. The van der Waals surface area contributed by atoms with Crippen LogP contribution in [0.4, 0.5) is 5.13 Å². The molecule has 0 spiro atoms. The number of anilines is 1. The Morgan fingerprint density at radius 2 is 2.03 bits per heavy atom. The number of ether oxygens (including phenoxy) is 2. The summed E-state index contributed by atoms with van der Waals surface area (Å²) >= 11 is 8.50. The summed E-state index contributed by atoms with van der Waals surface area (Å²) in [5.41, 5.74) is 5.69. The highest BCUT2D eigenvalue weighted by Gasteiger charge is 2.17. The third kappa shape index (κ3) is 5.35. The minimum Gasteiger partial charge on any atom is -0.490 e. The number of nitrogens with zero attached hydrogens (tertiary/aromatic N) is 3. The number of nitrogens with one attached hydrogen (secondary N) is 1. The standard InChI is InChI=1S/C20H16Br2N4O2S/c1-2-27-16-10-14(17(21)18(22)19(16)28-9-8-23)11-24-26-20-25-15(12-29-20)13-6-4-3-5-7-13/h3-7,10-12H,2,9H2,1H3,(H,25,26). The van der Waals surface area contributed by atoms with Crippen LogP contribution in [0.5, 0.6) is 11.5 Å². The molecule has 0 amide bonds. The molecule has 3 rings (SSSR count). The van der Waals surface area contributed by atoms with Gasteiger partial charge in [0.05, 0.1) is 23.0 Å². The van der Waals surface area contributed by atoms with Gasteiger partial charge in [0.15, 0.2) is 18.1 Å². The van der Waals surface area contributed by atoms with E-state index in [1.807, 2.05) is 48.7 Å². The van der Waals surface area contributed by atoms with Crippen LogP contribution >= 0.6 is 43.2 Å². The Morgan fingerprint density at radius 1 is 1.24 bits per heavy atom. The van der Waals surface area contributed by atoms with Gasteiger partial charge in [0, 0.05) is 21.0 Å². The Morgan fingerprint density at radius 3 is 2.76 bits per heavy atom. The van der Waals surface area contributed by atoms with Crippen LogP contribution in [-0.4, -0.2) is 24.4 Å². The van der Waals surface area contributed by atoms with Gasteiger partial charge < -0.3 is 9.47 Å². The van der Waals surface area contributed by atoms with Crippen molar-refractivity contribution in [3.8, 4) is 28.8 Å². The summed E-state index contributed by atoms with van der Waals surface area (Å²) in [6.07, 6.45) is 1.66. The quantitative estimate of drug-likeness (QED) is 0.279. The number of hydrogen-bond acceptors (Lipinski definition) is 7. The van der Waals surface area contributed by atoms with Crippen LogP contribution in [0.15, 0.2) is 55.8 Å². The van der Waals surface area contributed by atoms with Gasteiger partial charge in [-0.2, -0.15) is 10.4 Å². The van der Waals surface area contributed by atoms with Crippen molar-refractivity contribution < 1.29 is 9.47 Å². The third-order valence-corrected chi connectivity index (χ3v) is 6.56. The molecular formula is C20H16Br2N4O2S. The van der Waals surface area contributed by atoms with Crippen molar-refractivity contribution in [3.63, 3.8) is 0 Å². The van der Waals surface area contributed by atoms with Gasteiger partial charge in [-0.15, -0.1) is 11.3 Å². The zero-order chi connectivity index (χ0) is 20.6. The van der Waals surface area contributed by atoms with Gasteiger partial charge in [-0.3, -0.25) is 5.43 Å². The third-order valence-electron chi connectivity index (χ3n) is 3.67. The lowest BCUT2D eigenvalue weighted by Gasteiger charge is -2.14. The van der Waals surface area contributed by atoms with Crippen LogP contribution in [0, 0.1) is 11.3 Å². The van der Waals surface area contributed by atoms with Crippen molar-refractivity contribution in [3.05, 3.63) is 56.3 Å². The van der Waals surface area contributed by atoms with Gasteiger partial charge in [-0.05, 0) is 44.8 Å². The second kappa shape index (κ2) is 10.4. The lowest BCUT2D eigenvalue weighted by atomic mass is 10.2. The van der Waals surface area contributed by atoms with Crippen molar-refractivity contribution in [1.82, 2.24) is 4.98 Å². The van der Waals surface area contributed by atoms with E-state index in [2.05, 4.69) is 47.4 Å². The molecule has 0 bridgehead atoms. The van der Waals surface area contributed by atoms with E-state index < -0.39 is 0 Å². The molecule has 9 heteroatoms. The fourth-order valence-corrected chi connectivity index (χ4v) is 4.03. The highest BCUT2D eigenvalue weighted by molar-refractivity contribution is 9.13. The minimum absolute atomic E-state index is 0.0755. The molecule has 0 aliphatic rings. The molecule has 0 fully saturated rings. The zero-order valence-corrected chi connectivity index (χ0v) is 19.3. The predicted molar refractivity (Wildman–Crippen MR) is 123 cm³/mol. The Labute approximate surface area is 189 Å². The van der Waals surface area contributed by atoms with Crippen molar-refractivity contribution in [2.45, 2.75) is 6.92 Å². The monoisotopic (exact) mass is 534 g/mol. The average molecular weight is 536 g/mol. The summed E-state index contributed by atoms with van der Waals surface area (Å²) in [5.74, 6) is 0.998. The molecule has 0 radical (unpaired) electrons. The smallest absolute Gasteiger partial charge is 0.203 e. The van der Waals surface area contributed by atoms with Gasteiger partial charge >= 0.3 is 0 Å². The predicted octanol–water partition coefficient (Wildman–Crippen LogP) is 6.08. The second-order valence-corrected chi connectivity index (χ2v) is 8.02. The molecule has 0 unspecified atom stereocenters. The van der Waals surface area contributed by atoms with Crippen molar-refractivity contribution >= 4 is 54.5 Å². The van der Waals surface area contributed by atoms with Gasteiger partial charge in [-0.1, -0.05) is 30.3 Å². The van der Waals surface area contributed by atoms with E-state index in [-0.39, 0.29) is 6.61 Å². The van der Waals surface area contributed by atoms with Crippen molar-refractivity contribution in [2.24, 2.45) is 5.10 Å². The molecule has 6 nitrogen and oxygen atoms in total. The number of aromatic nitrogens is 1. The Kier molecular flexibility index (Phi) is 7.63. The van der Waals surface area contributed by atoms with Crippen molar-refractivity contribution in [1.29, 1.82) is 5.26 Å². The first kappa shape index (κ1) is 21.3. The number of halogens is 2. The van der Waals surface area contributed by atoms with Gasteiger partial charge in [0.25, 0.3) is 0 Å². The maximum atomic E-state index is 8.78. The molecule has 1 N–H and O–H groups in total. The summed E-state index contributed by atoms with van der Waals surface area (Å²) in [5, 5.41) is 15.7. The van der Waals surface area contributed by atoms with E-state index in [4.69, 9.17) is 14.7 Å². The summed E-state index contributed by atoms with van der Waals surface area (Å²) < 4.78 is 12.5. The largest absolute Gasteiger partial charge is 0.490 e. The summed E-state index contributed by atoms with van der Waals surface area (Å²) in [7, 11) is 0. The maximum Gasteiger partial charge on any atom is 0.203 e. The molecule has 0 saturated heterocycles. The molecule has 1 heterocycles. The fraction of sp³-hybridized carbons (Fsp3) is 0.150. The van der Waals surface area contributed by atoms with Crippen LogP contribution in [0.3, 0.4) is 0 Å². The molecule has 148 valence electrons. The van der Waals surface area contributed by atoms with E-state index in [1.165, 1.54) is 11.3 Å². The average Bonchev–Trinajstić information content (AvgIpc) is 3.21. The van der Waals surface area contributed by atoms with E-state index in [0.717, 1.165) is 21.3 Å². The highest BCUT2D eigenvalue weighted by atomic mass is 79.9. The molecule has 0 aliphatic heterocycles. The summed E-state index contributed by atoms with van der Waals surface area (Å²) in [6, 6.07) is 13.7. The Balaban J connectivity index is 1.78. The highest BCUT2D eigenvalue weighted by Crippen LogP contribution is 2.42. The van der Waals surface area contributed by atoms with E-state index in [1.54, 1.807) is 12.3 Å². The van der Waals surface area contributed by atoms with Crippen LogP contribution in [0.1, 0.15) is 12.5 Å². The molecule has 1 aromatic heterocycles. The van der Waals surface area contributed by atoms with Crippen LogP contribution in [0.25, 0.3) is 11.3 Å². The Hall–Kier alpha value is -2.41. The first-order chi connectivity index (χ1) is 14.1. The molecule has 3 aromatic rings. The van der Waals surface area contributed by atoms with Crippen molar-refractivity contribution in [2.75, 3.05) is 18.6 Å². The molecule has 2 aromatic carbocycles. The SMILES string of the molecule is CCOc1cc(C=NNc2nc(-c3ccccc3)cs2)c(Br)c(Br)c1OCC#N. The minimum atomic E-state index is -0.0755. The lowest BCUT2D eigenvalue weighted by Crippen LogP contribution is -2.02. The second-order valence-electron chi connectivity index (χ2n) is 5.57. The van der Waals surface area contributed by atoms with Crippen LogP contribution < -0.4 is 14.9 Å². The van der Waals surface area contributed by atoms with Gasteiger partial charge in [0.2, 0.25) is 5.13 Å². The van der Waals surface area contributed by atoms with Crippen LogP contribution in [0.2, 0.25) is 0 Å². The van der Waals surface area contributed by atoms with Gasteiger partial charge in [0.1, 0.15) is 6.07 Å². The normalized spacial score (nSPS) is 10.7. The van der Waals surface area contributed by atoms with E-state index in [0.29, 0.717) is 27.7 Å². The van der Waals surface area contributed by atoms with E-state index in [9.17, 15) is 0 Å². The Bertz CT molecular complexity index is 1050. The number of nitriles is 1. The zero-order valence-electron chi connectivity index (χ0n) is 15.4. The maximum absolute atomic E-state index is 8.78.